The molecule has 0 radical (unpaired) electrons. The molecule has 2 unspecified atom stereocenters. The van der Waals surface area contributed by atoms with E-state index in [4.69, 9.17) is 10.5 Å². The van der Waals surface area contributed by atoms with Crippen molar-refractivity contribution in [2.75, 3.05) is 6.61 Å². The minimum atomic E-state index is 0.260. The molecular formula is C15H22INO. The molecule has 1 aliphatic rings. The van der Waals surface area contributed by atoms with Crippen molar-refractivity contribution in [3.05, 3.63) is 33.4 Å². The first kappa shape index (κ1) is 14.3. The fourth-order valence-corrected chi connectivity index (χ4v) is 2.82. The zero-order valence-electron chi connectivity index (χ0n) is 10.8. The zero-order chi connectivity index (χ0) is 12.8. The molecule has 1 aromatic carbocycles. The molecule has 3 heteroatoms. The number of nitrogens with two attached hydrogens (primary N) is 1. The summed E-state index contributed by atoms with van der Waals surface area (Å²) in [6, 6.07) is 8.91. The van der Waals surface area contributed by atoms with Crippen molar-refractivity contribution in [2.24, 2.45) is 5.73 Å². The zero-order valence-corrected chi connectivity index (χ0v) is 12.9. The van der Waals surface area contributed by atoms with E-state index >= 15 is 0 Å². The van der Waals surface area contributed by atoms with Gasteiger partial charge in [-0.25, -0.2) is 0 Å². The van der Waals surface area contributed by atoms with Crippen LogP contribution in [0.4, 0.5) is 0 Å². The van der Waals surface area contributed by atoms with Crippen LogP contribution in [0.1, 0.15) is 37.7 Å². The molecule has 0 saturated carbocycles. The van der Waals surface area contributed by atoms with Gasteiger partial charge in [0.2, 0.25) is 0 Å². The number of rotatable bonds is 5. The molecule has 0 amide bonds. The summed E-state index contributed by atoms with van der Waals surface area (Å²) >= 11 is 2.33. The maximum absolute atomic E-state index is 6.20. The van der Waals surface area contributed by atoms with E-state index in [2.05, 4.69) is 46.9 Å². The third-order valence-corrected chi connectivity index (χ3v) is 4.26. The molecule has 2 N–H and O–H groups in total. The number of hydrogen-bond donors (Lipinski definition) is 1. The van der Waals surface area contributed by atoms with Gasteiger partial charge >= 0.3 is 0 Å². The van der Waals surface area contributed by atoms with Crippen molar-refractivity contribution >= 4 is 22.6 Å². The molecule has 1 aliphatic heterocycles. The van der Waals surface area contributed by atoms with Crippen molar-refractivity contribution in [3.63, 3.8) is 0 Å². The highest BCUT2D eigenvalue weighted by Gasteiger charge is 2.15. The monoisotopic (exact) mass is 359 g/mol. The van der Waals surface area contributed by atoms with Gasteiger partial charge in [0.15, 0.2) is 0 Å². The van der Waals surface area contributed by atoms with Crippen LogP contribution in [-0.2, 0) is 11.2 Å². The molecule has 0 aliphatic carbocycles. The van der Waals surface area contributed by atoms with E-state index in [1.807, 2.05) is 0 Å². The topological polar surface area (TPSA) is 35.2 Å². The van der Waals surface area contributed by atoms with E-state index in [-0.39, 0.29) is 6.04 Å². The Morgan fingerprint density at radius 3 is 2.72 bits per heavy atom. The van der Waals surface area contributed by atoms with Crippen LogP contribution in [0.5, 0.6) is 0 Å². The van der Waals surface area contributed by atoms with Crippen molar-refractivity contribution < 1.29 is 4.74 Å². The molecule has 0 spiro atoms. The first-order valence-corrected chi connectivity index (χ1v) is 7.93. The molecule has 2 nitrogen and oxygen atoms in total. The number of hydrogen-bond acceptors (Lipinski definition) is 2. The van der Waals surface area contributed by atoms with Gasteiger partial charge in [-0.15, -0.1) is 0 Å². The minimum absolute atomic E-state index is 0.260. The maximum atomic E-state index is 6.20. The van der Waals surface area contributed by atoms with Crippen molar-refractivity contribution in [1.29, 1.82) is 0 Å². The Kier molecular flexibility index (Phi) is 5.92. The van der Waals surface area contributed by atoms with Gasteiger partial charge in [-0.1, -0.05) is 12.1 Å². The van der Waals surface area contributed by atoms with Gasteiger partial charge in [-0.3, -0.25) is 0 Å². The fourth-order valence-electron chi connectivity index (χ4n) is 2.46. The van der Waals surface area contributed by atoms with Gasteiger partial charge in [0, 0.05) is 16.2 Å². The Bertz CT molecular complexity index is 346. The van der Waals surface area contributed by atoms with Crippen LogP contribution in [-0.4, -0.2) is 18.8 Å². The molecule has 2 atom stereocenters. The van der Waals surface area contributed by atoms with Crippen LogP contribution in [0.15, 0.2) is 24.3 Å². The van der Waals surface area contributed by atoms with Crippen LogP contribution < -0.4 is 5.73 Å². The molecule has 0 bridgehead atoms. The van der Waals surface area contributed by atoms with E-state index < -0.39 is 0 Å². The van der Waals surface area contributed by atoms with Crippen molar-refractivity contribution in [1.82, 2.24) is 0 Å². The molecular weight excluding hydrogens is 337 g/mol. The summed E-state index contributed by atoms with van der Waals surface area (Å²) < 4.78 is 7.02. The summed E-state index contributed by atoms with van der Waals surface area (Å²) in [5, 5.41) is 0. The SMILES string of the molecule is NC(CCC1CCCCO1)Cc1ccc(I)cc1. The molecule has 1 aromatic rings. The average Bonchev–Trinajstić information content (AvgIpc) is 2.40. The smallest absolute Gasteiger partial charge is 0.0575 e. The molecule has 18 heavy (non-hydrogen) atoms. The second-order valence-electron chi connectivity index (χ2n) is 5.16. The van der Waals surface area contributed by atoms with E-state index in [9.17, 15) is 0 Å². The predicted octanol–water partition coefficient (Wildman–Crippen LogP) is 3.51. The largest absolute Gasteiger partial charge is 0.378 e. The Balaban J connectivity index is 1.71. The highest BCUT2D eigenvalue weighted by atomic mass is 127. The lowest BCUT2D eigenvalue weighted by Crippen LogP contribution is -2.27. The first-order chi connectivity index (χ1) is 8.74. The van der Waals surface area contributed by atoms with E-state index in [1.165, 1.54) is 28.4 Å². The lowest BCUT2D eigenvalue weighted by molar-refractivity contribution is 0.00915. The highest BCUT2D eigenvalue weighted by Crippen LogP contribution is 2.18. The molecule has 2 rings (SSSR count). The van der Waals surface area contributed by atoms with Gasteiger partial charge in [0.25, 0.3) is 0 Å². The van der Waals surface area contributed by atoms with E-state index in [0.717, 1.165) is 25.9 Å². The predicted molar refractivity (Wildman–Crippen MR) is 83.7 cm³/mol. The second kappa shape index (κ2) is 7.46. The van der Waals surface area contributed by atoms with Crippen molar-refractivity contribution in [2.45, 2.75) is 50.7 Å². The fraction of sp³-hybridized carbons (Fsp3) is 0.600. The van der Waals surface area contributed by atoms with Gasteiger partial charge in [-0.2, -0.15) is 0 Å². The molecule has 1 heterocycles. The average molecular weight is 359 g/mol. The first-order valence-electron chi connectivity index (χ1n) is 6.85. The second-order valence-corrected chi connectivity index (χ2v) is 6.40. The quantitative estimate of drug-likeness (QED) is 0.817. The normalized spacial score (nSPS) is 21.8. The number of benzene rings is 1. The van der Waals surface area contributed by atoms with Gasteiger partial charge < -0.3 is 10.5 Å². The third kappa shape index (κ3) is 4.86. The van der Waals surface area contributed by atoms with Crippen LogP contribution >= 0.6 is 22.6 Å². The summed E-state index contributed by atoms with van der Waals surface area (Å²) in [5.74, 6) is 0. The highest BCUT2D eigenvalue weighted by molar-refractivity contribution is 14.1. The summed E-state index contributed by atoms with van der Waals surface area (Å²) in [6.07, 6.45) is 7.38. The Hall–Kier alpha value is -0.130. The molecule has 100 valence electrons. The van der Waals surface area contributed by atoms with Crippen LogP contribution in [0.25, 0.3) is 0 Å². The van der Waals surface area contributed by atoms with Crippen LogP contribution in [0, 0.1) is 3.57 Å². The van der Waals surface area contributed by atoms with Crippen molar-refractivity contribution in [3.8, 4) is 0 Å². The van der Waals surface area contributed by atoms with Crippen LogP contribution in [0.3, 0.4) is 0 Å². The number of halogens is 1. The standard InChI is InChI=1S/C15H22INO/c16-13-6-4-12(5-7-13)11-14(17)8-9-15-3-1-2-10-18-15/h4-7,14-15H,1-3,8-11,17H2. The summed E-state index contributed by atoms with van der Waals surface area (Å²) in [6.45, 7) is 0.941. The van der Waals surface area contributed by atoms with Gasteiger partial charge in [-0.05, 0) is 78.8 Å². The van der Waals surface area contributed by atoms with E-state index in [1.54, 1.807) is 0 Å². The number of ether oxygens (including phenoxy) is 1. The molecule has 1 fully saturated rings. The summed E-state index contributed by atoms with van der Waals surface area (Å²) in [7, 11) is 0. The summed E-state index contributed by atoms with van der Waals surface area (Å²) in [4.78, 5) is 0. The lowest BCUT2D eigenvalue weighted by Gasteiger charge is -2.23. The lowest BCUT2D eigenvalue weighted by atomic mass is 9.98. The van der Waals surface area contributed by atoms with Gasteiger partial charge in [0.05, 0.1) is 6.10 Å². The maximum Gasteiger partial charge on any atom is 0.0575 e. The Morgan fingerprint density at radius 2 is 2.06 bits per heavy atom. The van der Waals surface area contributed by atoms with E-state index in [0.29, 0.717) is 6.10 Å². The Labute approximate surface area is 123 Å². The minimum Gasteiger partial charge on any atom is -0.378 e. The van der Waals surface area contributed by atoms with Crippen LogP contribution in [0.2, 0.25) is 0 Å². The molecule has 0 aromatic heterocycles. The Morgan fingerprint density at radius 1 is 1.28 bits per heavy atom. The molecule has 1 saturated heterocycles. The van der Waals surface area contributed by atoms with Gasteiger partial charge in [0.1, 0.15) is 0 Å². The third-order valence-electron chi connectivity index (χ3n) is 3.54. The summed E-state index contributed by atoms with van der Waals surface area (Å²) in [5.41, 5.74) is 7.54.